The van der Waals surface area contributed by atoms with Gasteiger partial charge in [0.15, 0.2) is 0 Å². The summed E-state index contributed by atoms with van der Waals surface area (Å²) in [6.07, 6.45) is 2.90. The first-order valence-corrected chi connectivity index (χ1v) is 7.42. The van der Waals surface area contributed by atoms with E-state index in [1.54, 1.807) is 30.1 Å². The fourth-order valence-corrected chi connectivity index (χ4v) is 2.55. The van der Waals surface area contributed by atoms with Crippen LogP contribution in [0, 0.1) is 0 Å². The molecule has 2 rings (SSSR count). The first-order valence-electron chi connectivity index (χ1n) is 6.44. The van der Waals surface area contributed by atoms with Crippen molar-refractivity contribution in [1.29, 1.82) is 0 Å². The van der Waals surface area contributed by atoms with Crippen LogP contribution in [0.5, 0.6) is 0 Å². The van der Waals surface area contributed by atoms with Crippen molar-refractivity contribution in [3.63, 3.8) is 0 Å². The third-order valence-electron chi connectivity index (χ3n) is 2.67. The maximum atomic E-state index is 11.8. The Morgan fingerprint density at radius 1 is 1.20 bits per heavy atom. The number of anilines is 2. The molecule has 0 fully saturated rings. The van der Waals surface area contributed by atoms with Crippen LogP contribution in [0.2, 0.25) is 0 Å². The van der Waals surface area contributed by atoms with Gasteiger partial charge in [-0.15, -0.1) is 11.8 Å². The van der Waals surface area contributed by atoms with Crippen LogP contribution in [0.1, 0.15) is 12.8 Å². The molecule has 0 saturated carbocycles. The summed E-state index contributed by atoms with van der Waals surface area (Å²) in [5, 5.41) is 2.77. The molecule has 0 aliphatic rings. The molecule has 20 heavy (non-hydrogen) atoms. The Morgan fingerprint density at radius 2 is 2.00 bits per heavy atom. The van der Waals surface area contributed by atoms with Crippen LogP contribution in [0.15, 0.2) is 53.6 Å². The van der Waals surface area contributed by atoms with Crippen molar-refractivity contribution < 1.29 is 4.79 Å². The van der Waals surface area contributed by atoms with E-state index in [1.165, 1.54) is 4.90 Å². The molecule has 0 atom stereocenters. The Morgan fingerprint density at radius 3 is 2.75 bits per heavy atom. The highest BCUT2D eigenvalue weighted by molar-refractivity contribution is 7.99. The van der Waals surface area contributed by atoms with Gasteiger partial charge in [-0.25, -0.2) is 4.98 Å². The van der Waals surface area contributed by atoms with Crippen LogP contribution in [0.4, 0.5) is 11.5 Å². The maximum Gasteiger partial charge on any atom is 0.224 e. The molecule has 0 bridgehead atoms. The smallest absolute Gasteiger partial charge is 0.224 e. The van der Waals surface area contributed by atoms with E-state index >= 15 is 0 Å². The highest BCUT2D eigenvalue weighted by atomic mass is 32.2. The predicted molar refractivity (Wildman–Crippen MR) is 83.7 cm³/mol. The van der Waals surface area contributed by atoms with Gasteiger partial charge in [-0.05, 0) is 36.4 Å². The Hall–Kier alpha value is -2.01. The lowest BCUT2D eigenvalue weighted by Gasteiger charge is -2.06. The molecule has 2 aromatic rings. The molecular weight excluding hydrogens is 270 g/mol. The number of nitrogens with two attached hydrogens (primary N) is 1. The summed E-state index contributed by atoms with van der Waals surface area (Å²) in [6, 6.07) is 13.7. The van der Waals surface area contributed by atoms with E-state index in [-0.39, 0.29) is 5.91 Å². The molecule has 0 radical (unpaired) electrons. The highest BCUT2D eigenvalue weighted by Gasteiger charge is 2.05. The Bertz CT molecular complexity index is 560. The number of rotatable bonds is 6. The molecule has 3 N–H and O–H groups in total. The van der Waals surface area contributed by atoms with Crippen LogP contribution in [-0.4, -0.2) is 16.6 Å². The first kappa shape index (κ1) is 14.4. The molecule has 0 spiro atoms. The normalized spacial score (nSPS) is 10.2. The van der Waals surface area contributed by atoms with Crippen LogP contribution < -0.4 is 11.1 Å². The zero-order chi connectivity index (χ0) is 14.2. The number of benzene rings is 1. The van der Waals surface area contributed by atoms with Crippen molar-refractivity contribution in [2.24, 2.45) is 0 Å². The molecule has 1 aromatic carbocycles. The second-order valence-corrected chi connectivity index (χ2v) is 5.42. The van der Waals surface area contributed by atoms with Crippen molar-refractivity contribution >= 4 is 29.2 Å². The summed E-state index contributed by atoms with van der Waals surface area (Å²) in [5.41, 5.74) is 6.25. The lowest BCUT2D eigenvalue weighted by atomic mass is 10.3. The average Bonchev–Trinajstić information content (AvgIpc) is 2.47. The number of thioether (sulfide) groups is 1. The lowest BCUT2D eigenvalue weighted by Crippen LogP contribution is -2.13. The number of carbonyl (C=O) groups excluding carboxylic acids is 1. The molecule has 1 aromatic heterocycles. The molecular formula is C15H17N3OS. The Balaban J connectivity index is 1.69. The number of nitrogens with zero attached hydrogens (tertiary/aromatic N) is 1. The zero-order valence-electron chi connectivity index (χ0n) is 11.1. The topological polar surface area (TPSA) is 68.0 Å². The third kappa shape index (κ3) is 4.59. The van der Waals surface area contributed by atoms with Crippen LogP contribution in [-0.2, 0) is 4.79 Å². The number of aromatic nitrogens is 1. The van der Waals surface area contributed by atoms with E-state index < -0.39 is 0 Å². The number of nitrogen functional groups attached to an aromatic ring is 1. The van der Waals surface area contributed by atoms with Crippen molar-refractivity contribution in [2.45, 2.75) is 17.7 Å². The molecule has 0 aliphatic heterocycles. The number of carbonyl (C=O) groups is 1. The molecule has 0 saturated heterocycles. The second kappa shape index (κ2) is 7.55. The largest absolute Gasteiger partial charge is 0.382 e. The van der Waals surface area contributed by atoms with Gasteiger partial charge in [0.05, 0.1) is 5.69 Å². The van der Waals surface area contributed by atoms with Crippen LogP contribution in [0.3, 0.4) is 0 Å². The minimum absolute atomic E-state index is 0.0293. The van der Waals surface area contributed by atoms with Gasteiger partial charge in [0, 0.05) is 17.5 Å². The van der Waals surface area contributed by atoms with E-state index in [0.717, 1.165) is 12.2 Å². The van der Waals surface area contributed by atoms with Gasteiger partial charge in [-0.1, -0.05) is 18.2 Å². The Kier molecular flexibility index (Phi) is 5.43. The fourth-order valence-electron chi connectivity index (χ4n) is 1.68. The van der Waals surface area contributed by atoms with Crippen molar-refractivity contribution in [1.82, 2.24) is 4.98 Å². The summed E-state index contributed by atoms with van der Waals surface area (Å²) in [4.78, 5) is 16.9. The number of hydrogen-bond donors (Lipinski definition) is 2. The van der Waals surface area contributed by atoms with Crippen LogP contribution in [0.25, 0.3) is 0 Å². The Labute approximate surface area is 122 Å². The van der Waals surface area contributed by atoms with Gasteiger partial charge in [0.2, 0.25) is 5.91 Å². The van der Waals surface area contributed by atoms with Gasteiger partial charge < -0.3 is 11.1 Å². The minimum atomic E-state index is -0.0293. The highest BCUT2D eigenvalue weighted by Crippen LogP contribution is 2.19. The maximum absolute atomic E-state index is 11.8. The molecule has 0 aliphatic carbocycles. The molecule has 104 valence electrons. The monoisotopic (exact) mass is 287 g/mol. The lowest BCUT2D eigenvalue weighted by molar-refractivity contribution is -0.116. The number of hydrogen-bond acceptors (Lipinski definition) is 4. The fraction of sp³-hybridized carbons (Fsp3) is 0.200. The van der Waals surface area contributed by atoms with Gasteiger partial charge in [0.25, 0.3) is 0 Å². The van der Waals surface area contributed by atoms with Gasteiger partial charge in [-0.3, -0.25) is 4.79 Å². The summed E-state index contributed by atoms with van der Waals surface area (Å²) in [6.45, 7) is 0. The standard InChI is InChI=1S/C15H17N3OS/c16-15-13(8-4-10-17-15)18-14(19)9-5-11-20-12-6-2-1-3-7-12/h1-4,6-8,10H,5,9,11H2,(H2,16,17)(H,18,19). The molecule has 1 amide bonds. The minimum Gasteiger partial charge on any atom is -0.382 e. The van der Waals surface area contributed by atoms with Crippen LogP contribution >= 0.6 is 11.8 Å². The third-order valence-corrected chi connectivity index (χ3v) is 3.77. The average molecular weight is 287 g/mol. The number of nitrogens with one attached hydrogen (secondary N) is 1. The van der Waals surface area contributed by atoms with E-state index in [4.69, 9.17) is 5.73 Å². The van der Waals surface area contributed by atoms with E-state index in [9.17, 15) is 4.79 Å². The number of pyridine rings is 1. The van der Waals surface area contributed by atoms with Gasteiger partial charge in [0.1, 0.15) is 5.82 Å². The summed E-state index contributed by atoms with van der Waals surface area (Å²) in [7, 11) is 0. The van der Waals surface area contributed by atoms with E-state index in [0.29, 0.717) is 17.9 Å². The summed E-state index contributed by atoms with van der Waals surface area (Å²) < 4.78 is 0. The zero-order valence-corrected chi connectivity index (χ0v) is 11.9. The molecule has 4 nitrogen and oxygen atoms in total. The van der Waals surface area contributed by atoms with Crippen molar-refractivity contribution in [3.8, 4) is 0 Å². The molecule has 1 heterocycles. The molecule has 0 unspecified atom stereocenters. The number of amides is 1. The summed E-state index contributed by atoms with van der Waals surface area (Å²) in [5.74, 6) is 1.23. The van der Waals surface area contributed by atoms with Gasteiger partial charge >= 0.3 is 0 Å². The van der Waals surface area contributed by atoms with Crippen molar-refractivity contribution in [2.75, 3.05) is 16.8 Å². The van der Waals surface area contributed by atoms with Crippen molar-refractivity contribution in [3.05, 3.63) is 48.7 Å². The van der Waals surface area contributed by atoms with Gasteiger partial charge in [-0.2, -0.15) is 0 Å². The molecule has 5 heteroatoms. The predicted octanol–water partition coefficient (Wildman–Crippen LogP) is 3.17. The van der Waals surface area contributed by atoms with E-state index in [1.807, 2.05) is 18.2 Å². The van der Waals surface area contributed by atoms with E-state index in [2.05, 4.69) is 22.4 Å². The first-order chi connectivity index (χ1) is 9.75. The quantitative estimate of drug-likeness (QED) is 0.632. The SMILES string of the molecule is Nc1ncccc1NC(=O)CCCSc1ccccc1. The summed E-state index contributed by atoms with van der Waals surface area (Å²) >= 11 is 1.75. The second-order valence-electron chi connectivity index (χ2n) is 4.25.